The van der Waals surface area contributed by atoms with Crippen LogP contribution in [0.25, 0.3) is 11.0 Å². The molecule has 6 nitrogen and oxygen atoms in total. The van der Waals surface area contributed by atoms with Gasteiger partial charge < -0.3 is 5.11 Å². The lowest BCUT2D eigenvalue weighted by Gasteiger charge is -2.37. The van der Waals surface area contributed by atoms with Crippen LogP contribution in [0.1, 0.15) is 37.9 Å². The molecule has 1 aliphatic heterocycles. The molecule has 0 bridgehead atoms. The quantitative estimate of drug-likeness (QED) is 0.722. The minimum Gasteiger partial charge on any atom is -0.396 e. The number of aryl methyl sites for hydroxylation is 1. The number of aliphatic hydroxyl groups excluding tert-OH is 1. The summed E-state index contributed by atoms with van der Waals surface area (Å²) < 4.78 is 4.78. The summed E-state index contributed by atoms with van der Waals surface area (Å²) in [5.41, 5.74) is 3.61. The van der Waals surface area contributed by atoms with Crippen LogP contribution in [-0.4, -0.2) is 45.0 Å². The van der Waals surface area contributed by atoms with Crippen LogP contribution in [0.2, 0.25) is 0 Å². The molecule has 27 heavy (non-hydrogen) atoms. The van der Waals surface area contributed by atoms with Gasteiger partial charge in [0.15, 0.2) is 0 Å². The lowest BCUT2D eigenvalue weighted by atomic mass is 9.82. The Kier molecular flexibility index (Phi) is 4.70. The zero-order chi connectivity index (χ0) is 18.9. The van der Waals surface area contributed by atoms with Crippen LogP contribution < -0.4 is 0 Å². The van der Waals surface area contributed by atoms with Crippen LogP contribution in [0.5, 0.6) is 0 Å². The number of hydrogen-bond donors (Lipinski definition) is 1. The number of aromatic nitrogens is 3. The fourth-order valence-electron chi connectivity index (χ4n) is 4.10. The third-order valence-corrected chi connectivity index (χ3v) is 6.12. The zero-order valence-electron chi connectivity index (χ0n) is 15.9. The molecular formula is C21H26N4O2. The van der Waals surface area contributed by atoms with Gasteiger partial charge in [-0.05, 0) is 79.8 Å². The van der Waals surface area contributed by atoms with E-state index in [4.69, 9.17) is 4.63 Å². The van der Waals surface area contributed by atoms with Crippen LogP contribution in [-0.2, 0) is 12.0 Å². The molecular weight excluding hydrogens is 340 g/mol. The Bertz CT molecular complexity index is 909. The molecule has 0 spiro atoms. The van der Waals surface area contributed by atoms with Crippen LogP contribution in [0.4, 0.5) is 0 Å². The number of rotatable bonds is 6. The molecule has 1 N–H and O–H groups in total. The van der Waals surface area contributed by atoms with E-state index in [9.17, 15) is 5.11 Å². The molecule has 3 aromatic rings. The lowest BCUT2D eigenvalue weighted by Crippen LogP contribution is -2.42. The van der Waals surface area contributed by atoms with Crippen molar-refractivity contribution >= 4 is 11.0 Å². The third kappa shape index (κ3) is 3.47. The zero-order valence-corrected chi connectivity index (χ0v) is 15.9. The van der Waals surface area contributed by atoms with Crippen LogP contribution in [0.3, 0.4) is 0 Å². The second-order valence-electron chi connectivity index (χ2n) is 8.19. The van der Waals surface area contributed by atoms with Crippen LogP contribution in [0, 0.1) is 5.41 Å². The minimum absolute atomic E-state index is 0.0803. The first-order valence-electron chi connectivity index (χ1n) is 9.51. The number of aliphatic hydroxyl groups is 1. The van der Waals surface area contributed by atoms with E-state index in [1.165, 1.54) is 5.56 Å². The van der Waals surface area contributed by atoms with Crippen molar-refractivity contribution in [3.05, 3.63) is 53.9 Å². The SMILES string of the molecule is CC(C)(c1ccccn1)N1CC[C@](CO)(CCc2ccc3nonc3c2)C1. The van der Waals surface area contributed by atoms with Gasteiger partial charge >= 0.3 is 0 Å². The van der Waals surface area contributed by atoms with Crippen molar-refractivity contribution in [2.24, 2.45) is 5.41 Å². The first-order chi connectivity index (χ1) is 13.0. The van der Waals surface area contributed by atoms with Gasteiger partial charge in [0.25, 0.3) is 0 Å². The fourth-order valence-corrected chi connectivity index (χ4v) is 4.10. The number of pyridine rings is 1. The van der Waals surface area contributed by atoms with Gasteiger partial charge in [-0.15, -0.1) is 0 Å². The van der Waals surface area contributed by atoms with Crippen molar-refractivity contribution in [3.8, 4) is 0 Å². The molecule has 142 valence electrons. The normalized spacial score (nSPS) is 21.1. The van der Waals surface area contributed by atoms with E-state index in [0.717, 1.165) is 49.1 Å². The Hall–Kier alpha value is -2.31. The van der Waals surface area contributed by atoms with Gasteiger partial charge in [-0.1, -0.05) is 12.1 Å². The maximum Gasteiger partial charge on any atom is 0.135 e. The van der Waals surface area contributed by atoms with Gasteiger partial charge in [-0.25, -0.2) is 4.63 Å². The summed E-state index contributed by atoms with van der Waals surface area (Å²) in [6.07, 6.45) is 4.69. The molecule has 1 aliphatic rings. The number of likely N-dealkylation sites (tertiary alicyclic amines) is 1. The van der Waals surface area contributed by atoms with Gasteiger partial charge in [0.1, 0.15) is 11.0 Å². The molecule has 0 saturated carbocycles. The average molecular weight is 366 g/mol. The molecule has 0 aliphatic carbocycles. The van der Waals surface area contributed by atoms with E-state index in [0.29, 0.717) is 0 Å². The van der Waals surface area contributed by atoms with E-state index >= 15 is 0 Å². The predicted molar refractivity (Wildman–Crippen MR) is 103 cm³/mol. The molecule has 2 aromatic heterocycles. The van der Waals surface area contributed by atoms with Crippen molar-refractivity contribution in [1.29, 1.82) is 0 Å². The summed E-state index contributed by atoms with van der Waals surface area (Å²) in [6, 6.07) is 12.1. The highest BCUT2D eigenvalue weighted by atomic mass is 16.6. The Morgan fingerprint density at radius 3 is 2.81 bits per heavy atom. The van der Waals surface area contributed by atoms with Crippen LogP contribution in [0.15, 0.2) is 47.2 Å². The van der Waals surface area contributed by atoms with E-state index in [-0.39, 0.29) is 17.6 Å². The largest absolute Gasteiger partial charge is 0.396 e. The van der Waals surface area contributed by atoms with E-state index in [1.807, 2.05) is 30.5 Å². The molecule has 1 fully saturated rings. The van der Waals surface area contributed by atoms with E-state index < -0.39 is 0 Å². The smallest absolute Gasteiger partial charge is 0.135 e. The van der Waals surface area contributed by atoms with Crippen molar-refractivity contribution in [2.75, 3.05) is 19.7 Å². The van der Waals surface area contributed by atoms with Gasteiger partial charge in [0.05, 0.1) is 11.2 Å². The monoisotopic (exact) mass is 366 g/mol. The molecule has 1 saturated heterocycles. The molecule has 1 aromatic carbocycles. The standard InChI is InChI=1S/C21H26N4O2/c1-20(2,19-5-3-4-11-22-19)25-12-10-21(14-25,15-26)9-8-16-6-7-17-18(13-16)24-27-23-17/h3-7,11,13,26H,8-10,12,14-15H2,1-2H3/t21-/m1/s1. The summed E-state index contributed by atoms with van der Waals surface area (Å²) in [4.78, 5) is 7.01. The molecule has 0 amide bonds. The predicted octanol–water partition coefficient (Wildman–Crippen LogP) is 3.17. The summed E-state index contributed by atoms with van der Waals surface area (Å²) in [7, 11) is 0. The van der Waals surface area contributed by atoms with E-state index in [2.05, 4.69) is 46.2 Å². The van der Waals surface area contributed by atoms with Crippen LogP contribution >= 0.6 is 0 Å². The summed E-state index contributed by atoms with van der Waals surface area (Å²) in [5.74, 6) is 0. The Morgan fingerprint density at radius 1 is 1.19 bits per heavy atom. The Morgan fingerprint density at radius 2 is 2.04 bits per heavy atom. The summed E-state index contributed by atoms with van der Waals surface area (Å²) in [5, 5.41) is 18.0. The molecule has 4 rings (SSSR count). The highest BCUT2D eigenvalue weighted by Crippen LogP contribution is 2.40. The number of hydrogen-bond acceptors (Lipinski definition) is 6. The molecule has 0 radical (unpaired) electrons. The number of fused-ring (bicyclic) bond motifs is 1. The lowest BCUT2D eigenvalue weighted by molar-refractivity contribution is 0.0854. The van der Waals surface area contributed by atoms with Gasteiger partial charge in [0, 0.05) is 24.8 Å². The van der Waals surface area contributed by atoms with Crippen molar-refractivity contribution in [1.82, 2.24) is 20.2 Å². The second-order valence-corrected chi connectivity index (χ2v) is 8.19. The third-order valence-electron chi connectivity index (χ3n) is 6.12. The van der Waals surface area contributed by atoms with Crippen molar-refractivity contribution < 1.29 is 9.74 Å². The highest BCUT2D eigenvalue weighted by Gasteiger charge is 2.43. The second kappa shape index (κ2) is 7.02. The summed E-state index contributed by atoms with van der Waals surface area (Å²) >= 11 is 0. The molecule has 0 unspecified atom stereocenters. The molecule has 3 heterocycles. The van der Waals surface area contributed by atoms with Gasteiger partial charge in [-0.3, -0.25) is 9.88 Å². The van der Waals surface area contributed by atoms with Crippen molar-refractivity contribution in [2.45, 2.75) is 38.6 Å². The topological polar surface area (TPSA) is 75.3 Å². The molecule has 6 heteroatoms. The first-order valence-corrected chi connectivity index (χ1v) is 9.51. The van der Waals surface area contributed by atoms with Gasteiger partial charge in [-0.2, -0.15) is 0 Å². The maximum absolute atomic E-state index is 10.2. The molecule has 1 atom stereocenters. The highest BCUT2D eigenvalue weighted by molar-refractivity contribution is 5.73. The van der Waals surface area contributed by atoms with E-state index in [1.54, 1.807) is 0 Å². The first kappa shape index (κ1) is 18.1. The van der Waals surface area contributed by atoms with Crippen molar-refractivity contribution in [3.63, 3.8) is 0 Å². The van der Waals surface area contributed by atoms with Gasteiger partial charge in [0.2, 0.25) is 0 Å². The minimum atomic E-state index is -0.149. The number of benzene rings is 1. The fraction of sp³-hybridized carbons (Fsp3) is 0.476. The number of nitrogens with zero attached hydrogens (tertiary/aromatic N) is 4. The summed E-state index contributed by atoms with van der Waals surface area (Å²) in [6.45, 7) is 6.48. The Balaban J connectivity index is 1.47. The Labute approximate surface area is 159 Å². The maximum atomic E-state index is 10.2. The average Bonchev–Trinajstić information content (AvgIpc) is 3.34.